The van der Waals surface area contributed by atoms with Crippen molar-refractivity contribution in [2.75, 3.05) is 7.11 Å². The van der Waals surface area contributed by atoms with Gasteiger partial charge in [0.05, 0.1) is 18.8 Å². The zero-order valence-corrected chi connectivity index (χ0v) is 15.8. The average molecular weight is 344 g/mol. The lowest BCUT2D eigenvalue weighted by Gasteiger charge is -2.28. The third kappa shape index (κ3) is 4.26. The predicted octanol–water partition coefficient (Wildman–Crippen LogP) is 3.43. The molecule has 4 nitrogen and oxygen atoms in total. The van der Waals surface area contributed by atoms with Crippen molar-refractivity contribution in [3.63, 3.8) is 0 Å². The van der Waals surface area contributed by atoms with E-state index in [4.69, 9.17) is 14.0 Å². The van der Waals surface area contributed by atoms with E-state index < -0.39 is 0 Å². The normalized spacial score (nSPS) is 28.8. The van der Waals surface area contributed by atoms with Crippen molar-refractivity contribution in [2.24, 2.45) is 5.92 Å². The van der Waals surface area contributed by atoms with Crippen molar-refractivity contribution in [3.05, 3.63) is 29.8 Å². The summed E-state index contributed by atoms with van der Waals surface area (Å²) < 4.78 is 16.8. The molecule has 2 aliphatic rings. The van der Waals surface area contributed by atoms with Gasteiger partial charge < -0.3 is 14.0 Å². The molecule has 0 spiro atoms. The zero-order chi connectivity index (χ0) is 18.0. The first-order valence-corrected chi connectivity index (χ1v) is 9.39. The van der Waals surface area contributed by atoms with Crippen molar-refractivity contribution >= 4 is 18.6 Å². The fourth-order valence-corrected chi connectivity index (χ4v) is 3.84. The van der Waals surface area contributed by atoms with E-state index in [0.29, 0.717) is 18.3 Å². The molecule has 0 radical (unpaired) electrons. The van der Waals surface area contributed by atoms with E-state index in [1.807, 2.05) is 0 Å². The minimum Gasteiger partial charge on any atom is -0.469 e. The first-order chi connectivity index (χ1) is 11.9. The lowest BCUT2D eigenvalue weighted by atomic mass is 9.75. The van der Waals surface area contributed by atoms with Crippen LogP contribution in [-0.2, 0) is 18.8 Å². The molecule has 2 fully saturated rings. The fourth-order valence-electron chi connectivity index (χ4n) is 3.84. The lowest BCUT2D eigenvalue weighted by Crippen LogP contribution is -2.34. The van der Waals surface area contributed by atoms with Gasteiger partial charge in [-0.1, -0.05) is 24.3 Å². The molecule has 0 aromatic heterocycles. The summed E-state index contributed by atoms with van der Waals surface area (Å²) in [4.78, 5) is 11.4. The van der Waals surface area contributed by atoms with Crippen molar-refractivity contribution < 1.29 is 18.8 Å². The molecular formula is C20H29BO4. The van der Waals surface area contributed by atoms with Crippen molar-refractivity contribution in [1.29, 1.82) is 0 Å². The number of hydrogen-bond donors (Lipinski definition) is 0. The van der Waals surface area contributed by atoms with E-state index in [0.717, 1.165) is 31.1 Å². The molecule has 1 saturated carbocycles. The highest BCUT2D eigenvalue weighted by atomic mass is 16.7. The van der Waals surface area contributed by atoms with E-state index in [9.17, 15) is 4.79 Å². The molecule has 1 aromatic carbocycles. The second-order valence-corrected chi connectivity index (χ2v) is 8.00. The van der Waals surface area contributed by atoms with Crippen LogP contribution >= 0.6 is 0 Å². The first-order valence-electron chi connectivity index (χ1n) is 9.39. The highest BCUT2D eigenvalue weighted by Gasteiger charge is 2.43. The Morgan fingerprint density at radius 1 is 1.20 bits per heavy atom. The third-order valence-corrected chi connectivity index (χ3v) is 5.93. The third-order valence-electron chi connectivity index (χ3n) is 5.93. The van der Waals surface area contributed by atoms with E-state index >= 15 is 0 Å². The number of benzene rings is 1. The van der Waals surface area contributed by atoms with Gasteiger partial charge in [0.15, 0.2) is 0 Å². The highest BCUT2D eigenvalue weighted by molar-refractivity contribution is 6.61. The van der Waals surface area contributed by atoms with E-state index in [1.165, 1.54) is 12.7 Å². The second-order valence-electron chi connectivity index (χ2n) is 8.00. The molecule has 25 heavy (non-hydrogen) atoms. The van der Waals surface area contributed by atoms with Crippen LogP contribution in [0.5, 0.6) is 0 Å². The van der Waals surface area contributed by atoms with Crippen LogP contribution in [-0.4, -0.2) is 31.9 Å². The smallest absolute Gasteiger partial charge is 0.469 e. The Balaban J connectivity index is 1.56. The standard InChI is InChI=1S/C20H29BO4/c1-14-20(2,3)25-21(24-14)18-11-9-17(10-12-18)16-7-5-15(6-8-16)13-19(22)23-4/h9-12,14-16H,5-8,13H2,1-4H3/t14?,15-,16-. The van der Waals surface area contributed by atoms with Crippen molar-refractivity contribution in [3.8, 4) is 0 Å². The van der Waals surface area contributed by atoms with Crippen LogP contribution in [0.3, 0.4) is 0 Å². The molecular weight excluding hydrogens is 315 g/mol. The van der Waals surface area contributed by atoms with Crippen molar-refractivity contribution in [1.82, 2.24) is 0 Å². The Hall–Kier alpha value is -1.33. The van der Waals surface area contributed by atoms with Crippen LogP contribution in [0.2, 0.25) is 0 Å². The number of carbonyl (C=O) groups is 1. The van der Waals surface area contributed by atoms with E-state index in [2.05, 4.69) is 45.0 Å². The van der Waals surface area contributed by atoms with E-state index in [1.54, 1.807) is 0 Å². The number of ether oxygens (including phenoxy) is 1. The average Bonchev–Trinajstić information content (AvgIpc) is 2.89. The molecule has 136 valence electrons. The molecule has 1 saturated heterocycles. The van der Waals surface area contributed by atoms with Crippen LogP contribution in [0.1, 0.15) is 64.4 Å². The maximum Gasteiger partial charge on any atom is 0.494 e. The van der Waals surface area contributed by atoms with Gasteiger partial charge in [0.25, 0.3) is 0 Å². The maximum atomic E-state index is 11.4. The number of carbonyl (C=O) groups excluding carboxylic acids is 1. The van der Waals surface area contributed by atoms with Crippen LogP contribution in [0.15, 0.2) is 24.3 Å². The molecule has 0 amide bonds. The summed E-state index contributed by atoms with van der Waals surface area (Å²) in [5.74, 6) is 0.984. The summed E-state index contributed by atoms with van der Waals surface area (Å²) in [7, 11) is 1.20. The van der Waals surface area contributed by atoms with Gasteiger partial charge in [0.1, 0.15) is 0 Å². The number of rotatable bonds is 4. The number of esters is 1. The van der Waals surface area contributed by atoms with Gasteiger partial charge in [-0.2, -0.15) is 0 Å². The summed E-state index contributed by atoms with van der Waals surface area (Å²) >= 11 is 0. The molecule has 1 aromatic rings. The Morgan fingerprint density at radius 3 is 2.36 bits per heavy atom. The summed E-state index contributed by atoms with van der Waals surface area (Å²) in [6, 6.07) is 8.69. The minimum atomic E-state index is -0.269. The van der Waals surface area contributed by atoms with Gasteiger partial charge in [-0.15, -0.1) is 0 Å². The Morgan fingerprint density at radius 2 is 1.84 bits per heavy atom. The quantitative estimate of drug-likeness (QED) is 0.620. The van der Waals surface area contributed by atoms with Crippen LogP contribution in [0, 0.1) is 5.92 Å². The van der Waals surface area contributed by atoms with Crippen LogP contribution < -0.4 is 5.46 Å². The summed E-state index contributed by atoms with van der Waals surface area (Å²) in [6.07, 6.45) is 5.13. The van der Waals surface area contributed by atoms with Gasteiger partial charge in [0.2, 0.25) is 0 Å². The molecule has 1 atom stereocenters. The molecule has 0 N–H and O–H groups in total. The van der Waals surface area contributed by atoms with E-state index in [-0.39, 0.29) is 24.8 Å². The van der Waals surface area contributed by atoms with Gasteiger partial charge in [-0.05, 0) is 69.3 Å². The number of methoxy groups -OCH3 is 1. The van der Waals surface area contributed by atoms with Gasteiger partial charge in [-0.3, -0.25) is 4.79 Å². The summed E-state index contributed by atoms with van der Waals surface area (Å²) in [5, 5.41) is 0. The summed E-state index contributed by atoms with van der Waals surface area (Å²) in [5.41, 5.74) is 2.22. The first kappa shape index (κ1) is 18.5. The Labute approximate surface area is 151 Å². The molecule has 1 aliphatic carbocycles. The molecule has 1 aliphatic heterocycles. The van der Waals surface area contributed by atoms with Gasteiger partial charge >= 0.3 is 13.1 Å². The molecule has 1 unspecified atom stereocenters. The predicted molar refractivity (Wildman–Crippen MR) is 98.9 cm³/mol. The topological polar surface area (TPSA) is 44.8 Å². The largest absolute Gasteiger partial charge is 0.494 e. The highest BCUT2D eigenvalue weighted by Crippen LogP contribution is 2.37. The molecule has 5 heteroatoms. The van der Waals surface area contributed by atoms with Crippen molar-refractivity contribution in [2.45, 2.75) is 70.5 Å². The summed E-state index contributed by atoms with van der Waals surface area (Å²) in [6.45, 7) is 6.19. The number of hydrogen-bond acceptors (Lipinski definition) is 4. The monoisotopic (exact) mass is 344 g/mol. The van der Waals surface area contributed by atoms with Crippen LogP contribution in [0.4, 0.5) is 0 Å². The lowest BCUT2D eigenvalue weighted by molar-refractivity contribution is -0.142. The van der Waals surface area contributed by atoms with Gasteiger partial charge in [0, 0.05) is 6.42 Å². The fraction of sp³-hybridized carbons (Fsp3) is 0.650. The minimum absolute atomic E-state index is 0.0819. The molecule has 3 rings (SSSR count). The molecule has 0 bridgehead atoms. The van der Waals surface area contributed by atoms with Crippen LogP contribution in [0.25, 0.3) is 0 Å². The Bertz CT molecular complexity index is 590. The molecule has 1 heterocycles. The Kier molecular flexibility index (Phi) is 5.54. The maximum absolute atomic E-state index is 11.4. The SMILES string of the molecule is COC(=O)C[C@H]1CC[C@H](c2ccc(B3OC(C)C(C)(C)O3)cc2)CC1. The second kappa shape index (κ2) is 7.51. The zero-order valence-electron chi connectivity index (χ0n) is 15.8. The van der Waals surface area contributed by atoms with Gasteiger partial charge in [-0.25, -0.2) is 0 Å².